The lowest BCUT2D eigenvalue weighted by Gasteiger charge is -2.15. The van der Waals surface area contributed by atoms with Crippen LogP contribution in [0.25, 0.3) is 10.6 Å². The smallest absolute Gasteiger partial charge is 0.123 e. The van der Waals surface area contributed by atoms with E-state index in [-0.39, 0.29) is 0 Å². The minimum absolute atomic E-state index is 0.349. The number of hydrogen-bond acceptors (Lipinski definition) is 4. The number of nitrogens with zero attached hydrogens (tertiary/aromatic N) is 2. The first-order valence-corrected chi connectivity index (χ1v) is 6.66. The lowest BCUT2D eigenvalue weighted by Crippen LogP contribution is -2.18. The third-order valence-corrected chi connectivity index (χ3v) is 3.80. The fourth-order valence-corrected chi connectivity index (χ4v) is 2.71. The Kier molecular flexibility index (Phi) is 3.86. The molecular formula is C13H17N3S. The van der Waals surface area contributed by atoms with Crippen molar-refractivity contribution in [3.8, 4) is 10.6 Å². The van der Waals surface area contributed by atoms with Gasteiger partial charge < -0.3 is 5.73 Å². The standard InChI is InChI=1S/C13H17N3S/c1-9(2)11(7-14)12-8-17-13(16-12)10-3-5-15-6-4-10/h3-6,8-9,11H,7,14H2,1-2H3. The first-order chi connectivity index (χ1) is 8.22. The second-order valence-corrected chi connectivity index (χ2v) is 5.26. The zero-order valence-corrected chi connectivity index (χ0v) is 10.9. The van der Waals surface area contributed by atoms with Crippen LogP contribution >= 0.6 is 11.3 Å². The molecule has 0 spiro atoms. The molecule has 0 saturated carbocycles. The lowest BCUT2D eigenvalue weighted by molar-refractivity contribution is 0.498. The number of thiazole rings is 1. The normalized spacial score (nSPS) is 12.9. The molecule has 0 aromatic carbocycles. The van der Waals surface area contributed by atoms with E-state index in [1.807, 2.05) is 12.1 Å². The summed E-state index contributed by atoms with van der Waals surface area (Å²) in [6.07, 6.45) is 3.58. The van der Waals surface area contributed by atoms with Crippen LogP contribution in [0.15, 0.2) is 29.9 Å². The van der Waals surface area contributed by atoms with E-state index >= 15 is 0 Å². The van der Waals surface area contributed by atoms with Crippen molar-refractivity contribution in [1.82, 2.24) is 9.97 Å². The van der Waals surface area contributed by atoms with Crippen molar-refractivity contribution < 1.29 is 0 Å². The molecule has 0 radical (unpaired) electrons. The summed E-state index contributed by atoms with van der Waals surface area (Å²) < 4.78 is 0. The van der Waals surface area contributed by atoms with Crippen LogP contribution < -0.4 is 5.73 Å². The van der Waals surface area contributed by atoms with Crippen LogP contribution in [0.1, 0.15) is 25.5 Å². The van der Waals surface area contributed by atoms with Crippen molar-refractivity contribution >= 4 is 11.3 Å². The molecular weight excluding hydrogens is 230 g/mol. The molecule has 2 aromatic rings. The van der Waals surface area contributed by atoms with E-state index in [9.17, 15) is 0 Å². The van der Waals surface area contributed by atoms with Crippen LogP contribution in [-0.2, 0) is 0 Å². The maximum atomic E-state index is 5.81. The van der Waals surface area contributed by atoms with Crippen molar-refractivity contribution in [1.29, 1.82) is 0 Å². The van der Waals surface area contributed by atoms with Crippen LogP contribution in [0, 0.1) is 5.92 Å². The molecule has 2 aromatic heterocycles. The third-order valence-electron chi connectivity index (χ3n) is 2.89. The maximum absolute atomic E-state index is 5.81. The molecule has 2 rings (SSSR count). The van der Waals surface area contributed by atoms with E-state index in [1.165, 1.54) is 0 Å². The summed E-state index contributed by atoms with van der Waals surface area (Å²) in [5.41, 5.74) is 8.04. The number of rotatable bonds is 4. The quantitative estimate of drug-likeness (QED) is 0.903. The third kappa shape index (κ3) is 2.70. The molecule has 1 atom stereocenters. The molecule has 0 saturated heterocycles. The van der Waals surface area contributed by atoms with Gasteiger partial charge in [-0.05, 0) is 18.1 Å². The summed E-state index contributed by atoms with van der Waals surface area (Å²) >= 11 is 1.67. The summed E-state index contributed by atoms with van der Waals surface area (Å²) in [5, 5.41) is 3.16. The van der Waals surface area contributed by atoms with Gasteiger partial charge in [0.15, 0.2) is 0 Å². The summed E-state index contributed by atoms with van der Waals surface area (Å²) in [4.78, 5) is 8.70. The van der Waals surface area contributed by atoms with Gasteiger partial charge in [0.1, 0.15) is 5.01 Å². The van der Waals surface area contributed by atoms with Crippen LogP contribution in [0.5, 0.6) is 0 Å². The van der Waals surface area contributed by atoms with Gasteiger partial charge in [0.25, 0.3) is 0 Å². The fourth-order valence-electron chi connectivity index (χ4n) is 1.82. The fraction of sp³-hybridized carbons (Fsp3) is 0.385. The lowest BCUT2D eigenvalue weighted by atomic mass is 9.93. The topological polar surface area (TPSA) is 51.8 Å². The molecule has 0 aliphatic rings. The monoisotopic (exact) mass is 247 g/mol. The zero-order valence-electron chi connectivity index (χ0n) is 10.1. The van der Waals surface area contributed by atoms with Crippen molar-refractivity contribution in [2.75, 3.05) is 6.54 Å². The van der Waals surface area contributed by atoms with Crippen molar-refractivity contribution in [2.45, 2.75) is 19.8 Å². The average Bonchev–Trinajstić information content (AvgIpc) is 2.80. The molecule has 0 bridgehead atoms. The maximum Gasteiger partial charge on any atom is 0.123 e. The Bertz CT molecular complexity index is 465. The van der Waals surface area contributed by atoms with Gasteiger partial charge in [0, 0.05) is 35.8 Å². The first kappa shape index (κ1) is 12.2. The molecule has 0 aliphatic carbocycles. The van der Waals surface area contributed by atoms with Crippen molar-refractivity contribution in [3.05, 3.63) is 35.6 Å². The highest BCUT2D eigenvalue weighted by atomic mass is 32.1. The van der Waals surface area contributed by atoms with E-state index in [0.29, 0.717) is 18.4 Å². The summed E-state index contributed by atoms with van der Waals surface area (Å²) in [6.45, 7) is 5.02. The van der Waals surface area contributed by atoms with E-state index in [4.69, 9.17) is 5.73 Å². The Morgan fingerprint density at radius 1 is 1.29 bits per heavy atom. The summed E-state index contributed by atoms with van der Waals surface area (Å²) in [6, 6.07) is 3.96. The summed E-state index contributed by atoms with van der Waals surface area (Å²) in [5.74, 6) is 0.870. The highest BCUT2D eigenvalue weighted by Gasteiger charge is 2.17. The Morgan fingerprint density at radius 3 is 2.59 bits per heavy atom. The second kappa shape index (κ2) is 5.38. The van der Waals surface area contributed by atoms with Crippen molar-refractivity contribution in [3.63, 3.8) is 0 Å². The Labute approximate surface area is 106 Å². The number of hydrogen-bond donors (Lipinski definition) is 1. The van der Waals surface area contributed by atoms with Crippen LogP contribution in [0.4, 0.5) is 0 Å². The Hall–Kier alpha value is -1.26. The van der Waals surface area contributed by atoms with Gasteiger partial charge in [-0.3, -0.25) is 4.98 Å². The Morgan fingerprint density at radius 2 is 2.00 bits per heavy atom. The van der Waals surface area contributed by atoms with Crippen LogP contribution in [0.3, 0.4) is 0 Å². The van der Waals surface area contributed by atoms with Crippen LogP contribution in [-0.4, -0.2) is 16.5 Å². The minimum Gasteiger partial charge on any atom is -0.330 e. The van der Waals surface area contributed by atoms with Gasteiger partial charge in [0.05, 0.1) is 5.69 Å². The van der Waals surface area contributed by atoms with Crippen molar-refractivity contribution in [2.24, 2.45) is 11.7 Å². The first-order valence-electron chi connectivity index (χ1n) is 5.78. The molecule has 0 fully saturated rings. The van der Waals surface area contributed by atoms with E-state index in [2.05, 4.69) is 29.2 Å². The van der Waals surface area contributed by atoms with Gasteiger partial charge in [-0.25, -0.2) is 4.98 Å². The van der Waals surface area contributed by atoms with Gasteiger partial charge >= 0.3 is 0 Å². The van der Waals surface area contributed by atoms with Gasteiger partial charge in [-0.1, -0.05) is 13.8 Å². The van der Waals surface area contributed by atoms with Crippen LogP contribution in [0.2, 0.25) is 0 Å². The molecule has 2 heterocycles. The van der Waals surface area contributed by atoms with E-state index in [1.54, 1.807) is 23.7 Å². The molecule has 0 aliphatic heterocycles. The van der Waals surface area contributed by atoms with Gasteiger partial charge in [0.2, 0.25) is 0 Å². The van der Waals surface area contributed by atoms with Gasteiger partial charge in [-0.15, -0.1) is 11.3 Å². The second-order valence-electron chi connectivity index (χ2n) is 4.40. The molecule has 0 amide bonds. The highest BCUT2D eigenvalue weighted by Crippen LogP contribution is 2.29. The zero-order chi connectivity index (χ0) is 12.3. The van der Waals surface area contributed by atoms with Gasteiger partial charge in [-0.2, -0.15) is 0 Å². The predicted octanol–water partition coefficient (Wildman–Crippen LogP) is 2.90. The Balaban J connectivity index is 2.27. The highest BCUT2D eigenvalue weighted by molar-refractivity contribution is 7.13. The minimum atomic E-state index is 0.349. The van der Waals surface area contributed by atoms with E-state index in [0.717, 1.165) is 16.3 Å². The molecule has 90 valence electrons. The number of nitrogens with two attached hydrogens (primary N) is 1. The predicted molar refractivity (Wildman–Crippen MR) is 72.0 cm³/mol. The summed E-state index contributed by atoms with van der Waals surface area (Å²) in [7, 11) is 0. The van der Waals surface area contributed by atoms with E-state index < -0.39 is 0 Å². The molecule has 1 unspecified atom stereocenters. The molecule has 2 N–H and O–H groups in total. The molecule has 3 nitrogen and oxygen atoms in total. The largest absolute Gasteiger partial charge is 0.330 e. The number of aromatic nitrogens is 2. The number of pyridine rings is 1. The molecule has 4 heteroatoms. The molecule has 17 heavy (non-hydrogen) atoms. The average molecular weight is 247 g/mol. The SMILES string of the molecule is CC(C)C(CN)c1csc(-c2ccncc2)n1.